The molecule has 1 aromatic carbocycles. The van der Waals surface area contributed by atoms with Crippen LogP contribution in [0.2, 0.25) is 0 Å². The van der Waals surface area contributed by atoms with Gasteiger partial charge in [-0.3, -0.25) is 0 Å². The third-order valence-corrected chi connectivity index (χ3v) is 5.40. The molecule has 0 amide bonds. The molecule has 0 aromatic heterocycles. The van der Waals surface area contributed by atoms with E-state index in [4.69, 9.17) is 0 Å². The Kier molecular flexibility index (Phi) is 5.37. The largest absolute Gasteiger partial charge is 0.388 e. The van der Waals surface area contributed by atoms with Gasteiger partial charge < -0.3 is 10.0 Å². The Morgan fingerprint density at radius 3 is 2.90 bits per heavy atom. The minimum absolute atomic E-state index is 0.0477. The molecule has 2 N–H and O–H groups in total. The fourth-order valence-electron chi connectivity index (χ4n) is 2.67. The van der Waals surface area contributed by atoms with E-state index < -0.39 is 16.1 Å². The number of hydrogen-bond acceptors (Lipinski definition) is 4. The summed E-state index contributed by atoms with van der Waals surface area (Å²) in [6, 6.07) is 6.51. The molecule has 118 valence electrons. The van der Waals surface area contributed by atoms with Gasteiger partial charge in [-0.25, -0.2) is 13.1 Å². The van der Waals surface area contributed by atoms with Crippen LogP contribution in [0.3, 0.4) is 0 Å². The Morgan fingerprint density at radius 2 is 2.24 bits per heavy atom. The van der Waals surface area contributed by atoms with Crippen molar-refractivity contribution >= 4 is 10.0 Å². The molecule has 1 aromatic rings. The van der Waals surface area contributed by atoms with Gasteiger partial charge in [-0.15, -0.1) is 0 Å². The zero-order valence-electron chi connectivity index (χ0n) is 12.6. The van der Waals surface area contributed by atoms with Crippen LogP contribution in [0.4, 0.5) is 0 Å². The average Bonchev–Trinajstić information content (AvgIpc) is 2.46. The van der Waals surface area contributed by atoms with Gasteiger partial charge in [0, 0.05) is 12.6 Å². The molecule has 0 spiro atoms. The van der Waals surface area contributed by atoms with Crippen molar-refractivity contribution in [3.8, 4) is 0 Å². The van der Waals surface area contributed by atoms with Crippen molar-refractivity contribution in [2.24, 2.45) is 0 Å². The van der Waals surface area contributed by atoms with Crippen molar-refractivity contribution in [3.05, 3.63) is 29.8 Å². The molecule has 1 aliphatic heterocycles. The lowest BCUT2D eigenvalue weighted by molar-refractivity contribution is 0.173. The summed E-state index contributed by atoms with van der Waals surface area (Å²) in [5, 5.41) is 9.85. The number of benzene rings is 1. The molecule has 0 saturated carbocycles. The first-order valence-electron chi connectivity index (χ1n) is 7.41. The molecule has 6 heteroatoms. The highest BCUT2D eigenvalue weighted by Gasteiger charge is 2.24. The highest BCUT2D eigenvalue weighted by atomic mass is 32.2. The van der Waals surface area contributed by atoms with Gasteiger partial charge in [0.2, 0.25) is 10.0 Å². The predicted molar refractivity (Wildman–Crippen MR) is 82.5 cm³/mol. The molecule has 2 unspecified atom stereocenters. The summed E-state index contributed by atoms with van der Waals surface area (Å²) in [5.74, 6) is 0. The lowest BCUT2D eigenvalue weighted by atomic mass is 10.1. The standard InChI is InChI=1S/C15H24N2O3S/c1-3-15(18)12-6-4-8-14(10-12)21(19,20)16-13-7-5-9-17(2)11-13/h4,6,8,10,13,15-16,18H,3,5,7,9,11H2,1-2H3. The second-order valence-electron chi connectivity index (χ2n) is 5.72. The quantitative estimate of drug-likeness (QED) is 0.864. The first kappa shape index (κ1) is 16.4. The van der Waals surface area contributed by atoms with Crippen LogP contribution >= 0.6 is 0 Å². The molecular formula is C15H24N2O3S. The van der Waals surface area contributed by atoms with Gasteiger partial charge in [-0.05, 0) is 50.6 Å². The Balaban J connectivity index is 2.15. The van der Waals surface area contributed by atoms with Crippen molar-refractivity contribution < 1.29 is 13.5 Å². The van der Waals surface area contributed by atoms with Gasteiger partial charge in [-0.2, -0.15) is 0 Å². The van der Waals surface area contributed by atoms with Crippen LogP contribution in [0.1, 0.15) is 37.9 Å². The molecule has 2 rings (SSSR count). The topological polar surface area (TPSA) is 69.6 Å². The highest BCUT2D eigenvalue weighted by Crippen LogP contribution is 2.20. The summed E-state index contributed by atoms with van der Waals surface area (Å²) >= 11 is 0. The zero-order chi connectivity index (χ0) is 15.5. The third kappa shape index (κ3) is 4.26. The Labute approximate surface area is 127 Å². The zero-order valence-corrected chi connectivity index (χ0v) is 13.4. The van der Waals surface area contributed by atoms with E-state index in [1.165, 1.54) is 0 Å². The van der Waals surface area contributed by atoms with Gasteiger partial charge in [0.1, 0.15) is 0 Å². The van der Waals surface area contributed by atoms with Crippen LogP contribution in [-0.4, -0.2) is 44.6 Å². The molecule has 2 atom stereocenters. The number of rotatable bonds is 5. The van der Waals surface area contributed by atoms with E-state index >= 15 is 0 Å². The first-order valence-corrected chi connectivity index (χ1v) is 8.89. The third-order valence-electron chi connectivity index (χ3n) is 3.89. The Hall–Kier alpha value is -0.950. The maximum Gasteiger partial charge on any atom is 0.240 e. The van der Waals surface area contributed by atoms with E-state index in [0.29, 0.717) is 12.0 Å². The summed E-state index contributed by atoms with van der Waals surface area (Å²) in [4.78, 5) is 2.36. The molecular weight excluding hydrogens is 288 g/mol. The number of likely N-dealkylation sites (N-methyl/N-ethyl adjacent to an activating group) is 1. The van der Waals surface area contributed by atoms with Gasteiger partial charge >= 0.3 is 0 Å². The average molecular weight is 312 g/mol. The number of likely N-dealkylation sites (tertiary alicyclic amines) is 1. The second kappa shape index (κ2) is 6.87. The fraction of sp³-hybridized carbons (Fsp3) is 0.600. The molecule has 1 aliphatic rings. The number of nitrogens with zero attached hydrogens (tertiary/aromatic N) is 1. The number of nitrogens with one attached hydrogen (secondary N) is 1. The van der Waals surface area contributed by atoms with Gasteiger partial charge in [0.25, 0.3) is 0 Å². The van der Waals surface area contributed by atoms with Crippen molar-refractivity contribution in [2.45, 2.75) is 43.2 Å². The SMILES string of the molecule is CCC(O)c1cccc(S(=O)(=O)NC2CCCN(C)C2)c1. The Morgan fingerprint density at radius 1 is 1.48 bits per heavy atom. The van der Waals surface area contributed by atoms with Crippen molar-refractivity contribution in [1.29, 1.82) is 0 Å². The summed E-state index contributed by atoms with van der Waals surface area (Å²) in [7, 11) is -1.54. The number of aliphatic hydroxyl groups is 1. The van der Waals surface area contributed by atoms with E-state index in [0.717, 1.165) is 25.9 Å². The van der Waals surface area contributed by atoms with Gasteiger partial charge in [0.05, 0.1) is 11.0 Å². The lowest BCUT2D eigenvalue weighted by Crippen LogP contribution is -2.46. The number of hydrogen-bond donors (Lipinski definition) is 2. The monoisotopic (exact) mass is 312 g/mol. The first-order chi connectivity index (χ1) is 9.92. The second-order valence-corrected chi connectivity index (χ2v) is 7.43. The van der Waals surface area contributed by atoms with E-state index in [1.807, 2.05) is 14.0 Å². The Bertz CT molecular complexity index is 574. The highest BCUT2D eigenvalue weighted by molar-refractivity contribution is 7.89. The molecule has 0 bridgehead atoms. The van der Waals surface area contributed by atoms with E-state index in [9.17, 15) is 13.5 Å². The molecule has 1 fully saturated rings. The summed E-state index contributed by atoms with van der Waals surface area (Å²) in [6.07, 6.45) is 1.80. The van der Waals surface area contributed by atoms with E-state index in [-0.39, 0.29) is 10.9 Å². The van der Waals surface area contributed by atoms with Crippen LogP contribution < -0.4 is 4.72 Å². The maximum absolute atomic E-state index is 12.5. The smallest absolute Gasteiger partial charge is 0.240 e. The molecule has 5 nitrogen and oxygen atoms in total. The minimum Gasteiger partial charge on any atom is -0.388 e. The van der Waals surface area contributed by atoms with Crippen molar-refractivity contribution in [1.82, 2.24) is 9.62 Å². The van der Waals surface area contributed by atoms with E-state index in [1.54, 1.807) is 24.3 Å². The molecule has 1 heterocycles. The fourth-order valence-corrected chi connectivity index (χ4v) is 3.99. The predicted octanol–water partition coefficient (Wildman–Crippen LogP) is 1.50. The summed E-state index contributed by atoms with van der Waals surface area (Å²) in [6.45, 7) is 3.61. The number of piperidine rings is 1. The van der Waals surface area contributed by atoms with Gasteiger partial charge in [0.15, 0.2) is 0 Å². The van der Waals surface area contributed by atoms with Crippen LogP contribution in [0, 0.1) is 0 Å². The molecule has 0 radical (unpaired) electrons. The summed E-state index contributed by atoms with van der Waals surface area (Å²) < 4.78 is 27.7. The van der Waals surface area contributed by atoms with Crippen LogP contribution in [0.15, 0.2) is 29.2 Å². The normalized spacial score (nSPS) is 22.1. The van der Waals surface area contributed by atoms with Crippen molar-refractivity contribution in [2.75, 3.05) is 20.1 Å². The molecule has 0 aliphatic carbocycles. The minimum atomic E-state index is -3.54. The van der Waals surface area contributed by atoms with Crippen LogP contribution in [0.5, 0.6) is 0 Å². The summed E-state index contributed by atoms with van der Waals surface area (Å²) in [5.41, 5.74) is 0.640. The number of aliphatic hydroxyl groups excluding tert-OH is 1. The molecule has 1 saturated heterocycles. The van der Waals surface area contributed by atoms with Crippen molar-refractivity contribution in [3.63, 3.8) is 0 Å². The van der Waals surface area contributed by atoms with Gasteiger partial charge in [-0.1, -0.05) is 19.1 Å². The number of sulfonamides is 1. The van der Waals surface area contributed by atoms with Crippen LogP contribution in [0.25, 0.3) is 0 Å². The molecule has 21 heavy (non-hydrogen) atoms. The van der Waals surface area contributed by atoms with Crippen LogP contribution in [-0.2, 0) is 10.0 Å². The van der Waals surface area contributed by atoms with E-state index in [2.05, 4.69) is 9.62 Å². The maximum atomic E-state index is 12.5. The lowest BCUT2D eigenvalue weighted by Gasteiger charge is -2.30.